The molecule has 24 heavy (non-hydrogen) atoms. The molecule has 1 aromatic carbocycles. The average Bonchev–Trinajstić information content (AvgIpc) is 2.96. The fourth-order valence-electron chi connectivity index (χ4n) is 3.72. The monoisotopic (exact) mass is 327 g/mol. The van der Waals surface area contributed by atoms with Gasteiger partial charge in [-0.25, -0.2) is 4.98 Å². The number of nitrogens with zero attached hydrogens (tertiary/aromatic N) is 2. The Labute approximate surface area is 139 Å². The van der Waals surface area contributed by atoms with Crippen LogP contribution in [0.5, 0.6) is 0 Å². The highest BCUT2D eigenvalue weighted by Crippen LogP contribution is 2.38. The first-order valence-corrected chi connectivity index (χ1v) is 8.57. The van der Waals surface area contributed by atoms with E-state index in [-0.39, 0.29) is 17.5 Å². The lowest BCUT2D eigenvalue weighted by Crippen LogP contribution is -2.53. The molecule has 2 fully saturated rings. The van der Waals surface area contributed by atoms with Gasteiger partial charge in [-0.05, 0) is 31.4 Å². The smallest absolute Gasteiger partial charge is 0.261 e. The maximum Gasteiger partial charge on any atom is 0.261 e. The molecule has 2 aliphatic rings. The van der Waals surface area contributed by atoms with Gasteiger partial charge in [0, 0.05) is 31.5 Å². The van der Waals surface area contributed by atoms with Crippen LogP contribution in [0, 0.1) is 5.92 Å². The first-order chi connectivity index (χ1) is 11.7. The molecule has 126 valence electrons. The predicted molar refractivity (Wildman–Crippen MR) is 89.6 cm³/mol. The molecule has 0 bridgehead atoms. The third kappa shape index (κ3) is 2.82. The number of benzene rings is 1. The Hall–Kier alpha value is -2.21. The second kappa shape index (κ2) is 6.36. The van der Waals surface area contributed by atoms with E-state index in [1.807, 2.05) is 18.2 Å². The lowest BCUT2D eigenvalue weighted by atomic mass is 9.76. The van der Waals surface area contributed by atoms with E-state index in [0.717, 1.165) is 19.4 Å². The largest absolute Gasteiger partial charge is 0.378 e. The Balaban J connectivity index is 1.30. The Morgan fingerprint density at radius 2 is 2.25 bits per heavy atom. The van der Waals surface area contributed by atoms with Gasteiger partial charge in [0.1, 0.15) is 0 Å². The average molecular weight is 327 g/mol. The van der Waals surface area contributed by atoms with Gasteiger partial charge >= 0.3 is 0 Å². The molecule has 1 saturated carbocycles. The quantitative estimate of drug-likeness (QED) is 0.902. The molecule has 4 rings (SSSR count). The van der Waals surface area contributed by atoms with Crippen molar-refractivity contribution in [3.05, 3.63) is 40.9 Å². The number of carbonyl (C=O) groups excluding carboxylic acids is 1. The van der Waals surface area contributed by atoms with Crippen molar-refractivity contribution in [3.63, 3.8) is 0 Å². The number of fused-ring (bicyclic) bond motifs is 2. The molecule has 1 aromatic heterocycles. The fourth-order valence-corrected chi connectivity index (χ4v) is 3.72. The van der Waals surface area contributed by atoms with Gasteiger partial charge in [-0.15, -0.1) is 0 Å². The van der Waals surface area contributed by atoms with Gasteiger partial charge < -0.3 is 10.1 Å². The van der Waals surface area contributed by atoms with E-state index in [9.17, 15) is 9.59 Å². The number of carbonyl (C=O) groups is 1. The maximum atomic E-state index is 12.4. The molecule has 1 N–H and O–H groups in total. The van der Waals surface area contributed by atoms with Crippen molar-refractivity contribution in [1.29, 1.82) is 0 Å². The zero-order valence-corrected chi connectivity index (χ0v) is 13.5. The number of ether oxygens (including phenoxy) is 1. The highest BCUT2D eigenvalue weighted by Gasteiger charge is 2.45. The minimum absolute atomic E-state index is 0.0500. The minimum atomic E-state index is -0.0500. The lowest BCUT2D eigenvalue weighted by Gasteiger charge is -2.39. The SMILES string of the molecule is O=C(CCCn1cnc2ccccc2c1=O)N[C@H]1C[C@@H]2OCC[C@H]12. The summed E-state index contributed by atoms with van der Waals surface area (Å²) in [6.45, 7) is 1.32. The number of para-hydroxylation sites is 1. The standard InChI is InChI=1S/C18H21N3O3/c22-17(20-15-10-16-12(15)7-9-24-16)6-3-8-21-11-19-14-5-2-1-4-13(14)18(21)23/h1-2,4-5,11-12,15-16H,3,6-10H2,(H,20,22)/t12-,15+,16+/m1/s1. The van der Waals surface area contributed by atoms with Gasteiger partial charge in [0.15, 0.2) is 0 Å². The first-order valence-electron chi connectivity index (χ1n) is 8.57. The molecule has 1 aliphatic carbocycles. The molecule has 6 heteroatoms. The van der Waals surface area contributed by atoms with Crippen molar-refractivity contribution >= 4 is 16.8 Å². The zero-order chi connectivity index (χ0) is 16.5. The second-order valence-corrected chi connectivity index (χ2v) is 6.64. The molecule has 6 nitrogen and oxygen atoms in total. The predicted octanol–water partition coefficient (Wildman–Crippen LogP) is 1.47. The van der Waals surface area contributed by atoms with Crippen LogP contribution in [0.25, 0.3) is 10.9 Å². The molecule has 0 unspecified atom stereocenters. The highest BCUT2D eigenvalue weighted by atomic mass is 16.5. The van der Waals surface area contributed by atoms with E-state index in [4.69, 9.17) is 4.74 Å². The highest BCUT2D eigenvalue weighted by molar-refractivity contribution is 5.77. The number of hydrogen-bond donors (Lipinski definition) is 1. The van der Waals surface area contributed by atoms with E-state index < -0.39 is 0 Å². The third-order valence-electron chi connectivity index (χ3n) is 5.14. The van der Waals surface area contributed by atoms with E-state index in [2.05, 4.69) is 10.3 Å². The maximum absolute atomic E-state index is 12.4. The van der Waals surface area contributed by atoms with Crippen LogP contribution in [0.15, 0.2) is 35.4 Å². The van der Waals surface area contributed by atoms with Crippen molar-refractivity contribution in [2.75, 3.05) is 6.61 Å². The summed E-state index contributed by atoms with van der Waals surface area (Å²) in [7, 11) is 0. The summed E-state index contributed by atoms with van der Waals surface area (Å²) < 4.78 is 7.14. The topological polar surface area (TPSA) is 73.2 Å². The van der Waals surface area contributed by atoms with Crippen LogP contribution < -0.4 is 10.9 Å². The lowest BCUT2D eigenvalue weighted by molar-refractivity contribution is -0.124. The Kier molecular flexibility index (Phi) is 4.06. The van der Waals surface area contributed by atoms with Crippen LogP contribution in [-0.2, 0) is 16.1 Å². The number of hydrogen-bond acceptors (Lipinski definition) is 4. The molecular formula is C18H21N3O3. The van der Waals surface area contributed by atoms with Crippen molar-refractivity contribution < 1.29 is 9.53 Å². The van der Waals surface area contributed by atoms with Crippen LogP contribution in [0.2, 0.25) is 0 Å². The van der Waals surface area contributed by atoms with Gasteiger partial charge in [-0.2, -0.15) is 0 Å². The second-order valence-electron chi connectivity index (χ2n) is 6.64. The van der Waals surface area contributed by atoms with Gasteiger partial charge in [-0.1, -0.05) is 12.1 Å². The summed E-state index contributed by atoms with van der Waals surface area (Å²) in [5.74, 6) is 0.563. The van der Waals surface area contributed by atoms with Crippen LogP contribution in [0.3, 0.4) is 0 Å². The number of aromatic nitrogens is 2. The molecule has 1 saturated heterocycles. The third-order valence-corrected chi connectivity index (χ3v) is 5.14. The minimum Gasteiger partial charge on any atom is -0.378 e. The molecule has 2 aromatic rings. The van der Waals surface area contributed by atoms with Gasteiger partial charge in [-0.3, -0.25) is 14.2 Å². The molecule has 1 aliphatic heterocycles. The van der Waals surface area contributed by atoms with Crippen molar-refractivity contribution in [2.24, 2.45) is 5.92 Å². The van der Waals surface area contributed by atoms with Crippen LogP contribution in [-0.4, -0.2) is 34.2 Å². The van der Waals surface area contributed by atoms with E-state index >= 15 is 0 Å². The molecule has 1 amide bonds. The van der Waals surface area contributed by atoms with E-state index in [0.29, 0.717) is 42.3 Å². The van der Waals surface area contributed by atoms with Crippen LogP contribution >= 0.6 is 0 Å². The summed E-state index contributed by atoms with van der Waals surface area (Å²) in [5, 5.41) is 3.71. The normalized spacial score (nSPS) is 25.2. The molecule has 0 spiro atoms. The van der Waals surface area contributed by atoms with Gasteiger partial charge in [0.05, 0.1) is 23.3 Å². The fraction of sp³-hybridized carbons (Fsp3) is 0.500. The van der Waals surface area contributed by atoms with Gasteiger partial charge in [0.25, 0.3) is 5.56 Å². The van der Waals surface area contributed by atoms with Crippen LogP contribution in [0.1, 0.15) is 25.7 Å². The number of amides is 1. The van der Waals surface area contributed by atoms with Crippen molar-refractivity contribution in [1.82, 2.24) is 14.9 Å². The van der Waals surface area contributed by atoms with E-state index in [1.54, 1.807) is 17.0 Å². The summed E-state index contributed by atoms with van der Waals surface area (Å²) >= 11 is 0. The molecule has 2 heterocycles. The summed E-state index contributed by atoms with van der Waals surface area (Å²) in [6.07, 6.45) is 4.96. The van der Waals surface area contributed by atoms with Crippen molar-refractivity contribution in [2.45, 2.75) is 44.4 Å². The molecule has 3 atom stereocenters. The number of rotatable bonds is 5. The summed E-state index contributed by atoms with van der Waals surface area (Å²) in [5.41, 5.74) is 0.653. The summed E-state index contributed by atoms with van der Waals surface area (Å²) in [4.78, 5) is 28.7. The summed E-state index contributed by atoms with van der Waals surface area (Å²) in [6, 6.07) is 7.58. The number of nitrogens with one attached hydrogen (secondary N) is 1. The Morgan fingerprint density at radius 3 is 3.12 bits per heavy atom. The van der Waals surface area contributed by atoms with E-state index in [1.165, 1.54) is 0 Å². The number of aryl methyl sites for hydroxylation is 1. The Morgan fingerprint density at radius 1 is 1.38 bits per heavy atom. The van der Waals surface area contributed by atoms with Gasteiger partial charge in [0.2, 0.25) is 5.91 Å². The zero-order valence-electron chi connectivity index (χ0n) is 13.5. The molecular weight excluding hydrogens is 306 g/mol. The molecule has 0 radical (unpaired) electrons. The first kappa shape index (κ1) is 15.3. The van der Waals surface area contributed by atoms with Crippen molar-refractivity contribution in [3.8, 4) is 0 Å². The van der Waals surface area contributed by atoms with Crippen LogP contribution in [0.4, 0.5) is 0 Å². The Bertz CT molecular complexity index is 817.